The van der Waals surface area contributed by atoms with Crippen LogP contribution in [0, 0.1) is 12.3 Å². The third kappa shape index (κ3) is 3.57. The molecule has 16 heavy (non-hydrogen) atoms. The quantitative estimate of drug-likeness (QED) is 0.597. The van der Waals surface area contributed by atoms with Crippen molar-refractivity contribution in [3.63, 3.8) is 0 Å². The van der Waals surface area contributed by atoms with Gasteiger partial charge in [-0.1, -0.05) is 0 Å². The van der Waals surface area contributed by atoms with E-state index in [1.54, 1.807) is 0 Å². The molecule has 0 heterocycles. The van der Waals surface area contributed by atoms with E-state index in [0.29, 0.717) is 19.4 Å². The first-order chi connectivity index (χ1) is 7.56. The van der Waals surface area contributed by atoms with Gasteiger partial charge in [-0.05, 0) is 30.7 Å². The highest BCUT2D eigenvalue weighted by Crippen LogP contribution is 2.13. The van der Waals surface area contributed by atoms with Gasteiger partial charge in [-0.2, -0.15) is 0 Å². The number of sulfonamides is 1. The maximum absolute atomic E-state index is 11.7. The van der Waals surface area contributed by atoms with Crippen LogP contribution in [0.1, 0.15) is 12.8 Å². The number of aromatic hydroxyl groups is 1. The molecule has 4 nitrogen and oxygen atoms in total. The monoisotopic (exact) mass is 239 g/mol. The second-order valence-electron chi connectivity index (χ2n) is 3.20. The number of hydrogen-bond acceptors (Lipinski definition) is 3. The van der Waals surface area contributed by atoms with Crippen molar-refractivity contribution in [2.45, 2.75) is 17.7 Å². The van der Waals surface area contributed by atoms with Crippen molar-refractivity contribution < 1.29 is 13.5 Å². The Hall–Kier alpha value is -1.51. The van der Waals surface area contributed by atoms with E-state index in [1.807, 2.05) is 0 Å². The molecule has 0 aliphatic heterocycles. The summed E-state index contributed by atoms with van der Waals surface area (Å²) >= 11 is 0. The molecule has 0 amide bonds. The Kier molecular flexibility index (Phi) is 4.35. The number of benzene rings is 1. The number of unbranched alkanes of at least 4 members (excludes halogenated alkanes) is 1. The zero-order chi connectivity index (χ0) is 12.0. The second kappa shape index (κ2) is 5.54. The standard InChI is InChI=1S/C11H13NO3S/c1-2-3-4-9-12-16(14,15)11-7-5-10(13)6-8-11/h1,5-8,12-13H,3-4,9H2. The molecule has 0 aromatic heterocycles. The third-order valence-electron chi connectivity index (χ3n) is 1.94. The Morgan fingerprint density at radius 3 is 2.50 bits per heavy atom. The molecule has 1 aromatic carbocycles. The van der Waals surface area contributed by atoms with Crippen LogP contribution >= 0.6 is 0 Å². The first-order valence-electron chi connectivity index (χ1n) is 4.78. The molecule has 0 aliphatic rings. The lowest BCUT2D eigenvalue weighted by Gasteiger charge is -2.05. The van der Waals surface area contributed by atoms with Crippen molar-refractivity contribution in [2.75, 3.05) is 6.54 Å². The van der Waals surface area contributed by atoms with Gasteiger partial charge in [-0.15, -0.1) is 12.3 Å². The first kappa shape index (κ1) is 12.6. The van der Waals surface area contributed by atoms with Gasteiger partial charge in [0.15, 0.2) is 0 Å². The lowest BCUT2D eigenvalue weighted by atomic mass is 10.3. The lowest BCUT2D eigenvalue weighted by Crippen LogP contribution is -2.24. The molecule has 1 aromatic rings. The summed E-state index contributed by atoms with van der Waals surface area (Å²) < 4.78 is 25.7. The van der Waals surface area contributed by atoms with Crippen LogP contribution in [0.5, 0.6) is 5.75 Å². The van der Waals surface area contributed by atoms with Gasteiger partial charge in [0.25, 0.3) is 0 Å². The smallest absolute Gasteiger partial charge is 0.240 e. The molecular formula is C11H13NO3S. The topological polar surface area (TPSA) is 66.4 Å². The minimum absolute atomic E-state index is 0.0336. The predicted molar refractivity (Wildman–Crippen MR) is 61.4 cm³/mol. The Morgan fingerprint density at radius 2 is 1.94 bits per heavy atom. The molecule has 86 valence electrons. The van der Waals surface area contributed by atoms with E-state index in [2.05, 4.69) is 10.6 Å². The van der Waals surface area contributed by atoms with Crippen LogP contribution in [0.25, 0.3) is 0 Å². The minimum Gasteiger partial charge on any atom is -0.508 e. The van der Waals surface area contributed by atoms with Crippen molar-refractivity contribution in [3.8, 4) is 18.1 Å². The van der Waals surface area contributed by atoms with Crippen LogP contribution in [0.2, 0.25) is 0 Å². The highest BCUT2D eigenvalue weighted by atomic mass is 32.2. The highest BCUT2D eigenvalue weighted by Gasteiger charge is 2.12. The summed E-state index contributed by atoms with van der Waals surface area (Å²) in [4.78, 5) is 0.131. The van der Waals surface area contributed by atoms with Gasteiger partial charge in [-0.3, -0.25) is 0 Å². The molecular weight excluding hydrogens is 226 g/mol. The van der Waals surface area contributed by atoms with Crippen molar-refractivity contribution in [1.29, 1.82) is 0 Å². The Bertz CT molecular complexity index is 471. The second-order valence-corrected chi connectivity index (χ2v) is 4.97. The largest absolute Gasteiger partial charge is 0.508 e. The van der Waals surface area contributed by atoms with Crippen LogP contribution in [0.3, 0.4) is 0 Å². The number of phenols is 1. The summed E-state index contributed by atoms with van der Waals surface area (Å²) in [5.41, 5.74) is 0. The van der Waals surface area contributed by atoms with Gasteiger partial charge in [0, 0.05) is 13.0 Å². The van der Waals surface area contributed by atoms with E-state index in [0.717, 1.165) is 0 Å². The summed E-state index contributed by atoms with van der Waals surface area (Å²) in [7, 11) is -3.49. The van der Waals surface area contributed by atoms with Gasteiger partial charge in [0.2, 0.25) is 10.0 Å². The van der Waals surface area contributed by atoms with E-state index in [-0.39, 0.29) is 10.6 Å². The van der Waals surface area contributed by atoms with Gasteiger partial charge in [-0.25, -0.2) is 13.1 Å². The molecule has 0 fully saturated rings. The number of nitrogens with one attached hydrogen (secondary N) is 1. The number of rotatable bonds is 5. The van der Waals surface area contributed by atoms with Crippen LogP contribution < -0.4 is 4.72 Å². The normalized spacial score (nSPS) is 10.9. The number of terminal acetylenes is 1. The summed E-state index contributed by atoms with van der Waals surface area (Å²) in [6.07, 6.45) is 6.20. The fourth-order valence-corrected chi connectivity index (χ4v) is 2.18. The van der Waals surface area contributed by atoms with Crippen molar-refractivity contribution >= 4 is 10.0 Å². The Balaban J connectivity index is 2.64. The van der Waals surface area contributed by atoms with Gasteiger partial charge < -0.3 is 5.11 Å². The van der Waals surface area contributed by atoms with E-state index >= 15 is 0 Å². The lowest BCUT2D eigenvalue weighted by molar-refractivity contribution is 0.474. The maximum atomic E-state index is 11.7. The SMILES string of the molecule is C#CCCCNS(=O)(=O)c1ccc(O)cc1. The average Bonchev–Trinajstić information content (AvgIpc) is 2.25. The number of phenolic OH excluding ortho intramolecular Hbond substituents is 1. The van der Waals surface area contributed by atoms with Gasteiger partial charge >= 0.3 is 0 Å². The van der Waals surface area contributed by atoms with E-state index in [4.69, 9.17) is 11.5 Å². The average molecular weight is 239 g/mol. The van der Waals surface area contributed by atoms with E-state index in [9.17, 15) is 8.42 Å². The molecule has 0 radical (unpaired) electrons. The maximum Gasteiger partial charge on any atom is 0.240 e. The first-order valence-corrected chi connectivity index (χ1v) is 6.27. The summed E-state index contributed by atoms with van der Waals surface area (Å²) in [6, 6.07) is 5.35. The summed E-state index contributed by atoms with van der Waals surface area (Å²) in [6.45, 7) is 0.313. The molecule has 0 unspecified atom stereocenters. The third-order valence-corrected chi connectivity index (χ3v) is 3.41. The van der Waals surface area contributed by atoms with Gasteiger partial charge in [0.1, 0.15) is 5.75 Å². The molecule has 0 aliphatic carbocycles. The predicted octanol–water partition coefficient (Wildman–Crippen LogP) is 1.08. The Labute approximate surface area is 95.4 Å². The molecule has 2 N–H and O–H groups in total. The van der Waals surface area contributed by atoms with Crippen LogP contribution in [0.15, 0.2) is 29.2 Å². The molecule has 0 bridgehead atoms. The fraction of sp³-hybridized carbons (Fsp3) is 0.273. The van der Waals surface area contributed by atoms with Crippen LogP contribution in [0.4, 0.5) is 0 Å². The van der Waals surface area contributed by atoms with Crippen molar-refractivity contribution in [3.05, 3.63) is 24.3 Å². The van der Waals surface area contributed by atoms with Crippen LogP contribution in [-0.2, 0) is 10.0 Å². The fourth-order valence-electron chi connectivity index (χ4n) is 1.11. The van der Waals surface area contributed by atoms with Gasteiger partial charge in [0.05, 0.1) is 4.90 Å². The zero-order valence-electron chi connectivity index (χ0n) is 8.68. The molecule has 1 rings (SSSR count). The summed E-state index contributed by atoms with van der Waals surface area (Å²) in [5, 5.41) is 9.03. The number of hydrogen-bond donors (Lipinski definition) is 2. The summed E-state index contributed by atoms with van der Waals surface area (Å²) in [5.74, 6) is 2.47. The zero-order valence-corrected chi connectivity index (χ0v) is 9.50. The molecule has 0 spiro atoms. The van der Waals surface area contributed by atoms with Crippen molar-refractivity contribution in [2.24, 2.45) is 0 Å². The van der Waals surface area contributed by atoms with Crippen LogP contribution in [-0.4, -0.2) is 20.1 Å². The molecule has 0 saturated heterocycles. The molecule has 0 atom stereocenters. The minimum atomic E-state index is -3.49. The highest BCUT2D eigenvalue weighted by molar-refractivity contribution is 7.89. The Morgan fingerprint density at radius 1 is 1.31 bits per heavy atom. The van der Waals surface area contributed by atoms with E-state index < -0.39 is 10.0 Å². The molecule has 0 saturated carbocycles. The van der Waals surface area contributed by atoms with Crippen molar-refractivity contribution in [1.82, 2.24) is 4.72 Å². The molecule has 5 heteroatoms. The van der Waals surface area contributed by atoms with E-state index in [1.165, 1.54) is 24.3 Å².